The van der Waals surface area contributed by atoms with Gasteiger partial charge in [-0.15, -0.1) is 11.3 Å². The van der Waals surface area contributed by atoms with Gasteiger partial charge >= 0.3 is 20.2 Å². The van der Waals surface area contributed by atoms with Gasteiger partial charge < -0.3 is 28.8 Å². The first-order chi connectivity index (χ1) is 53.5. The summed E-state index contributed by atoms with van der Waals surface area (Å²) < 4.78 is 37.2. The number of hydrogen-bond donors (Lipinski definition) is 2. The van der Waals surface area contributed by atoms with Gasteiger partial charge in [-0.3, -0.25) is 38.7 Å². The summed E-state index contributed by atoms with van der Waals surface area (Å²) >= 11 is 24.8. The molecule has 10 heterocycles. The van der Waals surface area contributed by atoms with Gasteiger partial charge in [-0.2, -0.15) is 20.4 Å². The summed E-state index contributed by atoms with van der Waals surface area (Å²) in [6, 6.07) is 42.1. The topological polar surface area (TPSA) is 230 Å². The number of esters is 1. The fourth-order valence-electron chi connectivity index (χ4n) is 12.5. The summed E-state index contributed by atoms with van der Waals surface area (Å²) in [6.45, 7) is 26.1. The summed E-state index contributed by atoms with van der Waals surface area (Å²) in [6.07, 6.45) is 13.9. The third kappa shape index (κ3) is 20.5. The lowest BCUT2D eigenvalue weighted by molar-refractivity contribution is -0.166. The molecule has 0 unspecified atom stereocenters. The van der Waals surface area contributed by atoms with Crippen LogP contribution in [0.15, 0.2) is 199 Å². The van der Waals surface area contributed by atoms with Crippen LogP contribution in [-0.2, 0) is 51.8 Å². The fraction of sp³-hybridized carbons (Fsp3) is 0.262. The van der Waals surface area contributed by atoms with E-state index in [4.69, 9.17) is 40.4 Å². The molecule has 29 heteroatoms. The summed E-state index contributed by atoms with van der Waals surface area (Å²) in [7, 11) is 5.88. The molecule has 582 valence electrons. The zero-order valence-electron chi connectivity index (χ0n) is 65.6. The van der Waals surface area contributed by atoms with Crippen molar-refractivity contribution in [2.75, 3.05) is 6.61 Å². The largest absolute Gasteiger partial charge is 0.496 e. The highest BCUT2D eigenvalue weighted by atomic mass is 79.9. The summed E-state index contributed by atoms with van der Waals surface area (Å²) in [5, 5.41) is 39.7. The number of nitrogens with zero attached hydrogens (tertiary/aromatic N) is 13. The van der Waals surface area contributed by atoms with Gasteiger partial charge in [0.2, 0.25) is 0 Å². The molecule has 16 rings (SSSR count). The maximum absolute atomic E-state index is 13.0. The monoisotopic (exact) mass is 1870 g/mol. The molecule has 0 amide bonds. The highest BCUT2D eigenvalue weighted by Gasteiger charge is 2.52. The third-order valence-electron chi connectivity index (χ3n) is 19.2. The highest BCUT2D eigenvalue weighted by molar-refractivity contribution is 9.11. The Morgan fingerprint density at radius 1 is 0.549 bits per heavy atom. The molecule has 1 saturated heterocycles. The van der Waals surface area contributed by atoms with Crippen molar-refractivity contribution in [3.8, 4) is 44.5 Å². The van der Waals surface area contributed by atoms with E-state index in [1.165, 1.54) is 16.9 Å². The van der Waals surface area contributed by atoms with Gasteiger partial charge in [0.05, 0.1) is 91.9 Å². The van der Waals surface area contributed by atoms with Gasteiger partial charge in [0.25, 0.3) is 0 Å². The van der Waals surface area contributed by atoms with E-state index in [2.05, 4.69) is 225 Å². The number of benzene rings is 6. The Balaban J connectivity index is 0.000000138. The van der Waals surface area contributed by atoms with Crippen molar-refractivity contribution in [2.24, 2.45) is 28.2 Å². The van der Waals surface area contributed by atoms with Crippen LogP contribution < -0.4 is 10.9 Å². The van der Waals surface area contributed by atoms with Crippen LogP contribution in [0, 0.1) is 34.6 Å². The summed E-state index contributed by atoms with van der Waals surface area (Å²) in [4.78, 5) is 35.0. The first-order valence-corrected chi connectivity index (χ1v) is 41.2. The zero-order chi connectivity index (χ0) is 81.7. The molecule has 1 fully saturated rings. The van der Waals surface area contributed by atoms with Crippen LogP contribution >= 0.6 is 103 Å². The van der Waals surface area contributed by atoms with Crippen LogP contribution in [0.2, 0.25) is 5.02 Å². The quantitative estimate of drug-likeness (QED) is 0.0957. The molecule has 0 aliphatic carbocycles. The van der Waals surface area contributed by atoms with E-state index in [9.17, 15) is 4.79 Å². The molecule has 1 atom stereocenters. The average Bonchev–Trinajstić information content (AvgIpc) is 1.02. The lowest BCUT2D eigenvalue weighted by Gasteiger charge is -2.32. The molecule has 113 heavy (non-hydrogen) atoms. The minimum Gasteiger partial charge on any atom is -0.464 e. The van der Waals surface area contributed by atoms with Gasteiger partial charge in [-0.25, -0.2) is 9.78 Å². The number of halogens is 6. The van der Waals surface area contributed by atoms with Crippen LogP contribution in [0.3, 0.4) is 0 Å². The lowest BCUT2D eigenvalue weighted by atomic mass is 9.79. The molecule has 0 saturated carbocycles. The standard InChI is InChI=1S/C22H23BrClNO3S.C20H24BN3O2.2C14H12BrN3.C8H9BN2O2.C6H5Br2N/c1-6-27-20(26)18(28-22(3,4)5)16-12(2)11-15-19(29-21(23)25-15)17(16)13-7-9-14(24)10-8-13;1-13-17(14-7-8-18-15(9-14)11-23-24(18)6)10-16(12-22-13)21-25-19(2,3)20(4,5)26-21;1-9-13(15)6-11(7-16-9)10-3-4-14-12(5-10)8-17-18(14)2;1-9-13(6-12(15)8-16-9)10-3-4-14-11(5-10)7-17-18(14)2;1-11-8-3-2-7(9(12)13)4-6(8)5-10-11;1-4-6(8)2-5(7)3-9-4/h7-11,18H,6H2,1-5H3;7-12H,1-6H3;2*3-8H,1-2H3;2-5,12-13H,1H3;2-3H,1H3/t18-;;;;;/m0...../s1. The van der Waals surface area contributed by atoms with Crippen molar-refractivity contribution in [2.45, 2.75) is 113 Å². The van der Waals surface area contributed by atoms with E-state index in [1.807, 2.05) is 177 Å². The third-order valence-corrected chi connectivity index (χ3v) is 23.5. The first kappa shape index (κ1) is 85.7. The molecule has 1 aliphatic heterocycles. The molecule has 6 aromatic carbocycles. The molecule has 9 aromatic heterocycles. The Labute approximate surface area is 709 Å². The van der Waals surface area contributed by atoms with Crippen molar-refractivity contribution >= 4 is 188 Å². The molecular formula is C84H85B2Br5ClN13O7S. The maximum atomic E-state index is 13.0. The zero-order valence-corrected chi connectivity index (χ0v) is 75.1. The van der Waals surface area contributed by atoms with Gasteiger partial charge in [0.15, 0.2) is 10.0 Å². The fourth-order valence-corrected chi connectivity index (χ4v) is 15.8. The van der Waals surface area contributed by atoms with Crippen molar-refractivity contribution in [1.29, 1.82) is 0 Å². The Kier molecular flexibility index (Phi) is 27.5. The van der Waals surface area contributed by atoms with E-state index in [0.717, 1.165) is 154 Å². The predicted molar refractivity (Wildman–Crippen MR) is 475 cm³/mol. The second-order valence-electron chi connectivity index (χ2n) is 29.0. The maximum Gasteiger partial charge on any atom is 0.496 e. The van der Waals surface area contributed by atoms with Gasteiger partial charge in [0.1, 0.15) is 0 Å². The van der Waals surface area contributed by atoms with Crippen molar-refractivity contribution in [1.82, 2.24) is 64.0 Å². The Morgan fingerprint density at radius 3 is 1.48 bits per heavy atom. The summed E-state index contributed by atoms with van der Waals surface area (Å²) in [5.74, 6) is -0.399. The molecule has 0 spiro atoms. The second kappa shape index (κ2) is 36.3. The van der Waals surface area contributed by atoms with Crippen molar-refractivity contribution in [3.63, 3.8) is 0 Å². The van der Waals surface area contributed by atoms with Crippen LogP contribution in [0.1, 0.15) is 95.4 Å². The molecule has 0 radical (unpaired) electrons. The number of aryl methyl sites for hydroxylation is 9. The molecule has 2 N–H and O–H groups in total. The molecular weight excluding hydrogens is 1790 g/mol. The molecule has 0 bridgehead atoms. The van der Waals surface area contributed by atoms with E-state index >= 15 is 0 Å². The van der Waals surface area contributed by atoms with Crippen molar-refractivity contribution in [3.05, 3.63) is 238 Å². The second-order valence-corrected chi connectivity index (χ2v) is 35.3. The molecule has 20 nitrogen and oxygen atoms in total. The SMILES string of the molecule is CCOC(=O)[C@@H](OC(C)(C)C)c1c(C)cc2nc(Br)sc2c1-c1ccc(Cl)cc1.Cc1ncc(-c2ccc3c(cnn3C)c2)cc1Br.Cc1ncc(B2OC(C)(C)C(C)(C)O2)cc1-c1ccc2c(cnn2C)c1.Cc1ncc(Br)cc1-c1ccc2c(cnn2C)c1.Cc1ncc(Br)cc1Br.Cn1ncc2cc(B(O)O)ccc21. The Hall–Kier alpha value is -8.22. The smallest absolute Gasteiger partial charge is 0.464 e. The van der Waals surface area contributed by atoms with Crippen molar-refractivity contribution < 1.29 is 33.6 Å². The van der Waals surface area contributed by atoms with E-state index in [0.29, 0.717) is 10.5 Å². The number of rotatable bonds is 10. The number of thiazole rings is 1. The van der Waals surface area contributed by atoms with Gasteiger partial charge in [0, 0.05) is 142 Å². The highest BCUT2D eigenvalue weighted by Crippen LogP contribution is 2.45. The van der Waals surface area contributed by atoms with Gasteiger partial charge in [-0.05, 0) is 282 Å². The Bertz CT molecular complexity index is 5950. The number of carbonyl (C=O) groups excluding carboxylic acids is 1. The van der Waals surface area contributed by atoms with E-state index in [-0.39, 0.29) is 17.8 Å². The number of carbonyl (C=O) groups is 1. The van der Waals surface area contributed by atoms with Crippen LogP contribution in [-0.4, -0.2) is 118 Å². The minimum atomic E-state index is -1.41. The number of aromatic nitrogens is 13. The van der Waals surface area contributed by atoms with Crippen LogP contribution in [0.5, 0.6) is 0 Å². The number of fused-ring (bicyclic) bond motifs is 5. The minimum absolute atomic E-state index is 0.284. The van der Waals surface area contributed by atoms with E-state index in [1.54, 1.807) is 36.1 Å². The van der Waals surface area contributed by atoms with E-state index < -0.39 is 31.9 Å². The Morgan fingerprint density at radius 2 is 0.991 bits per heavy atom. The molecule has 1 aliphatic rings. The predicted octanol–water partition coefficient (Wildman–Crippen LogP) is 19.9. The summed E-state index contributed by atoms with van der Waals surface area (Å²) in [5.41, 5.74) is 19.8. The normalized spacial score (nSPS) is 13.1. The van der Waals surface area contributed by atoms with Crippen LogP contribution in [0.4, 0.5) is 0 Å². The lowest BCUT2D eigenvalue weighted by Crippen LogP contribution is -2.41. The molecule has 15 aromatic rings. The number of hydrogen-bond acceptors (Lipinski definition) is 17. The van der Waals surface area contributed by atoms with Crippen LogP contribution in [0.25, 0.3) is 98.3 Å². The average molecular weight is 1880 g/mol. The van der Waals surface area contributed by atoms with Gasteiger partial charge in [-0.1, -0.05) is 60.1 Å². The number of ether oxygens (including phenoxy) is 2. The number of pyridine rings is 4. The first-order valence-electron chi connectivity index (χ1n) is 36.0.